The lowest BCUT2D eigenvalue weighted by Crippen LogP contribution is -2.34. The average molecular weight is 347 g/mol. The first-order valence-electron chi connectivity index (χ1n) is 6.39. The third-order valence-electron chi connectivity index (χ3n) is 3.13. The molecule has 0 amide bonds. The van der Waals surface area contributed by atoms with Gasteiger partial charge in [0, 0.05) is 12.1 Å². The smallest absolute Gasteiger partial charge is 0.573 e. The predicted octanol–water partition coefficient (Wildman–Crippen LogP) is 2.75. The number of sulfone groups is 1. The molecule has 1 heterocycles. The van der Waals surface area contributed by atoms with Crippen LogP contribution in [-0.2, 0) is 9.84 Å². The summed E-state index contributed by atoms with van der Waals surface area (Å²) in [5, 5.41) is 10.1. The second-order valence-corrected chi connectivity index (χ2v) is 6.88. The van der Waals surface area contributed by atoms with Gasteiger partial charge in [0.2, 0.25) is 9.84 Å². The van der Waals surface area contributed by atoms with Crippen LogP contribution in [0, 0.1) is 5.21 Å². The van der Waals surface area contributed by atoms with E-state index in [-0.39, 0.29) is 10.3 Å². The van der Waals surface area contributed by atoms with Crippen LogP contribution in [0.2, 0.25) is 0 Å². The highest BCUT2D eigenvalue weighted by Gasteiger charge is 2.33. The molecule has 0 radical (unpaired) electrons. The number of aromatic nitrogens is 1. The zero-order chi connectivity index (χ0) is 17.3. The van der Waals surface area contributed by atoms with Crippen molar-refractivity contribution < 1.29 is 31.1 Å². The van der Waals surface area contributed by atoms with Gasteiger partial charge in [0.15, 0.2) is 6.20 Å². The number of benzene rings is 1. The molecule has 1 aromatic heterocycles. The third-order valence-corrected chi connectivity index (χ3v) is 5.23. The maximum absolute atomic E-state index is 12.4. The highest BCUT2D eigenvalue weighted by atomic mass is 32.2. The van der Waals surface area contributed by atoms with E-state index < -0.39 is 32.2 Å². The maximum Gasteiger partial charge on any atom is 0.573 e. The summed E-state index contributed by atoms with van der Waals surface area (Å²) in [5.41, 5.74) is 0.239. The van der Waals surface area contributed by atoms with E-state index in [0.717, 1.165) is 18.3 Å². The largest absolute Gasteiger partial charge is 0.618 e. The lowest BCUT2D eigenvalue weighted by atomic mass is 10.1. The van der Waals surface area contributed by atoms with E-state index in [1.165, 1.54) is 37.3 Å². The minimum Gasteiger partial charge on any atom is -0.618 e. The van der Waals surface area contributed by atoms with Crippen LogP contribution in [0.15, 0.2) is 53.7 Å². The van der Waals surface area contributed by atoms with Crippen molar-refractivity contribution in [2.75, 3.05) is 0 Å². The van der Waals surface area contributed by atoms with E-state index in [0.29, 0.717) is 0 Å². The highest BCUT2D eigenvalue weighted by molar-refractivity contribution is 7.91. The van der Waals surface area contributed by atoms with Crippen LogP contribution in [0.4, 0.5) is 13.2 Å². The second kappa shape index (κ2) is 6.07. The standard InChI is InChI=1S/C14H12F3NO4S/c1-10(23(20,21)13-4-2-3-9-18(13)19)11-5-7-12(8-6-11)22-14(15,16)17/h2-10H,1H3/t10-/m1/s1. The molecule has 0 saturated heterocycles. The summed E-state index contributed by atoms with van der Waals surface area (Å²) in [5.74, 6) is -0.454. The van der Waals surface area contributed by atoms with Gasteiger partial charge in [-0.2, -0.15) is 4.73 Å². The lowest BCUT2D eigenvalue weighted by Gasteiger charge is -2.14. The molecule has 124 valence electrons. The summed E-state index contributed by atoms with van der Waals surface area (Å²) in [7, 11) is -3.98. The van der Waals surface area contributed by atoms with Crippen molar-refractivity contribution in [1.82, 2.24) is 0 Å². The summed E-state index contributed by atoms with van der Waals surface area (Å²) in [4.78, 5) is 0. The molecule has 0 aliphatic heterocycles. The van der Waals surface area contributed by atoms with Gasteiger partial charge in [0.25, 0.3) is 0 Å². The van der Waals surface area contributed by atoms with Crippen molar-refractivity contribution in [3.8, 4) is 5.75 Å². The number of hydrogen-bond acceptors (Lipinski definition) is 4. The Hall–Kier alpha value is -2.29. The van der Waals surface area contributed by atoms with Gasteiger partial charge in [-0.25, -0.2) is 8.42 Å². The van der Waals surface area contributed by atoms with E-state index in [1.54, 1.807) is 0 Å². The van der Waals surface area contributed by atoms with Gasteiger partial charge in [-0.15, -0.1) is 13.2 Å². The molecule has 0 unspecified atom stereocenters. The Morgan fingerprint density at radius 3 is 2.26 bits per heavy atom. The summed E-state index contributed by atoms with van der Waals surface area (Å²) in [6.07, 6.45) is -3.77. The van der Waals surface area contributed by atoms with E-state index in [9.17, 15) is 26.8 Å². The molecule has 1 aromatic carbocycles. The van der Waals surface area contributed by atoms with E-state index in [4.69, 9.17) is 0 Å². The fourth-order valence-electron chi connectivity index (χ4n) is 1.93. The molecule has 0 N–H and O–H groups in total. The molecule has 2 aromatic rings. The Kier molecular flexibility index (Phi) is 4.51. The first-order chi connectivity index (χ1) is 10.6. The molecule has 2 rings (SSSR count). The Balaban J connectivity index is 2.30. The van der Waals surface area contributed by atoms with Crippen molar-refractivity contribution in [2.24, 2.45) is 0 Å². The normalized spacial score (nSPS) is 13.6. The van der Waals surface area contributed by atoms with E-state index in [2.05, 4.69) is 4.74 Å². The second-order valence-electron chi connectivity index (χ2n) is 4.67. The average Bonchev–Trinajstić information content (AvgIpc) is 2.46. The number of rotatable bonds is 4. The van der Waals surface area contributed by atoms with Crippen molar-refractivity contribution in [3.63, 3.8) is 0 Å². The molecule has 0 spiro atoms. The zero-order valence-corrected chi connectivity index (χ0v) is 12.6. The molecule has 0 aliphatic carbocycles. The van der Waals surface area contributed by atoms with Crippen LogP contribution < -0.4 is 9.47 Å². The number of halogens is 3. The quantitative estimate of drug-likeness (QED) is 0.630. The fourth-order valence-corrected chi connectivity index (χ4v) is 3.39. The van der Waals surface area contributed by atoms with E-state index in [1.807, 2.05) is 0 Å². The molecule has 0 saturated carbocycles. The Bertz CT molecular complexity index is 788. The van der Waals surface area contributed by atoms with Crippen LogP contribution >= 0.6 is 0 Å². The molecule has 5 nitrogen and oxygen atoms in total. The lowest BCUT2D eigenvalue weighted by molar-refractivity contribution is -0.646. The number of nitrogens with zero attached hydrogens (tertiary/aromatic N) is 1. The maximum atomic E-state index is 12.4. The SMILES string of the molecule is C[C@H](c1ccc(OC(F)(F)F)cc1)S(=O)(=O)c1cccc[n+]1[O-]. The molecular formula is C14H12F3NO4S. The van der Waals surface area contributed by atoms with Crippen LogP contribution in [-0.4, -0.2) is 14.8 Å². The highest BCUT2D eigenvalue weighted by Crippen LogP contribution is 2.29. The fraction of sp³-hybridized carbons (Fsp3) is 0.214. The van der Waals surface area contributed by atoms with Crippen LogP contribution in [0.3, 0.4) is 0 Å². The van der Waals surface area contributed by atoms with Crippen LogP contribution in [0.5, 0.6) is 5.75 Å². The summed E-state index contributed by atoms with van der Waals surface area (Å²) in [6.45, 7) is 1.35. The van der Waals surface area contributed by atoms with Crippen molar-refractivity contribution in [2.45, 2.75) is 23.6 Å². The van der Waals surface area contributed by atoms with Gasteiger partial charge in [-0.05, 0) is 30.7 Å². The first-order valence-corrected chi connectivity index (χ1v) is 7.94. The van der Waals surface area contributed by atoms with Crippen LogP contribution in [0.1, 0.15) is 17.7 Å². The number of alkyl halides is 3. The minimum absolute atomic E-state index is 0.229. The monoisotopic (exact) mass is 347 g/mol. The van der Waals surface area contributed by atoms with Crippen molar-refractivity contribution in [1.29, 1.82) is 0 Å². The zero-order valence-electron chi connectivity index (χ0n) is 11.8. The summed E-state index contributed by atoms with van der Waals surface area (Å²) in [6, 6.07) is 8.42. The minimum atomic E-state index is -4.82. The van der Waals surface area contributed by atoms with Gasteiger partial charge in [0.05, 0.1) is 5.25 Å². The Morgan fingerprint density at radius 1 is 1.13 bits per heavy atom. The molecule has 9 heteroatoms. The van der Waals surface area contributed by atoms with Gasteiger partial charge >= 0.3 is 11.4 Å². The summed E-state index contributed by atoms with van der Waals surface area (Å²) >= 11 is 0. The van der Waals surface area contributed by atoms with Gasteiger partial charge < -0.3 is 9.94 Å². The Morgan fingerprint density at radius 2 is 1.74 bits per heavy atom. The topological polar surface area (TPSA) is 70.3 Å². The van der Waals surface area contributed by atoms with Crippen molar-refractivity contribution >= 4 is 9.84 Å². The Labute approximate surface area is 130 Å². The molecule has 0 bridgehead atoms. The molecule has 23 heavy (non-hydrogen) atoms. The number of pyridine rings is 1. The molecular weight excluding hydrogens is 335 g/mol. The molecule has 1 atom stereocenters. The van der Waals surface area contributed by atoms with Gasteiger partial charge in [0.1, 0.15) is 5.75 Å². The number of hydrogen-bond donors (Lipinski definition) is 0. The van der Waals surface area contributed by atoms with E-state index >= 15 is 0 Å². The molecule has 0 fully saturated rings. The third kappa shape index (κ3) is 3.92. The molecule has 0 aliphatic rings. The first kappa shape index (κ1) is 17.1. The predicted molar refractivity (Wildman–Crippen MR) is 74.1 cm³/mol. The van der Waals surface area contributed by atoms with Crippen molar-refractivity contribution in [3.05, 3.63) is 59.4 Å². The summed E-state index contributed by atoms with van der Waals surface area (Å²) < 4.78 is 65.1. The van der Waals surface area contributed by atoms with Crippen LogP contribution in [0.25, 0.3) is 0 Å². The van der Waals surface area contributed by atoms with Gasteiger partial charge in [-0.1, -0.05) is 12.1 Å². The number of ether oxygens (including phenoxy) is 1. The van der Waals surface area contributed by atoms with Gasteiger partial charge in [-0.3, -0.25) is 0 Å².